The Kier molecular flexibility index (Phi) is 2.46. The van der Waals surface area contributed by atoms with Gasteiger partial charge in [0.05, 0.1) is 6.54 Å². The van der Waals surface area contributed by atoms with Crippen LogP contribution in [0.15, 0.2) is 0 Å². The van der Waals surface area contributed by atoms with Gasteiger partial charge in [0.1, 0.15) is 5.82 Å². The maximum Gasteiger partial charge on any atom is 0.203 e. The third-order valence-electron chi connectivity index (χ3n) is 1.89. The maximum absolute atomic E-state index is 4.37. The van der Waals surface area contributed by atoms with Gasteiger partial charge in [0.25, 0.3) is 0 Å². The molecular weight excluding hydrogens is 182 g/mol. The van der Waals surface area contributed by atoms with Crippen LogP contribution in [0.1, 0.15) is 31.5 Å². The Hall–Kier alpha value is -1.08. The van der Waals surface area contributed by atoms with Crippen LogP contribution in [0.4, 0.5) is 5.13 Å². The van der Waals surface area contributed by atoms with E-state index in [1.807, 2.05) is 6.92 Å². The van der Waals surface area contributed by atoms with Gasteiger partial charge in [0.15, 0.2) is 0 Å². The van der Waals surface area contributed by atoms with E-state index in [0.29, 0.717) is 12.5 Å². The van der Waals surface area contributed by atoms with E-state index in [1.54, 1.807) is 0 Å². The maximum atomic E-state index is 4.37. The molecule has 0 spiro atoms. The quantitative estimate of drug-likeness (QED) is 0.744. The minimum absolute atomic E-state index is 0.643. The van der Waals surface area contributed by atoms with Crippen molar-refractivity contribution in [3.63, 3.8) is 0 Å². The molecule has 1 aliphatic carbocycles. The summed E-state index contributed by atoms with van der Waals surface area (Å²) in [6.45, 7) is 2.49. The fraction of sp³-hybridized carbons (Fsp3) is 0.556. The zero-order valence-corrected chi connectivity index (χ0v) is 8.32. The summed E-state index contributed by atoms with van der Waals surface area (Å²) >= 11 is 1.43. The first-order valence-electron chi connectivity index (χ1n) is 4.37. The Morgan fingerprint density at radius 3 is 3.15 bits per heavy atom. The highest BCUT2D eigenvalue weighted by Gasteiger charge is 2.27. The van der Waals surface area contributed by atoms with Gasteiger partial charge in [-0.25, -0.2) is 4.98 Å². The molecule has 0 bridgehead atoms. The lowest BCUT2D eigenvalue weighted by Crippen LogP contribution is -1.97. The second kappa shape index (κ2) is 3.75. The van der Waals surface area contributed by atoms with Crippen LogP contribution in [0.25, 0.3) is 0 Å². The number of hydrogen-bond acceptors (Lipinski definition) is 4. The van der Waals surface area contributed by atoms with Crippen LogP contribution in [-0.4, -0.2) is 15.9 Å². The van der Waals surface area contributed by atoms with Gasteiger partial charge in [0, 0.05) is 17.5 Å². The van der Waals surface area contributed by atoms with Gasteiger partial charge in [-0.05, 0) is 19.8 Å². The van der Waals surface area contributed by atoms with Crippen molar-refractivity contribution in [1.82, 2.24) is 9.36 Å². The van der Waals surface area contributed by atoms with Gasteiger partial charge >= 0.3 is 0 Å². The van der Waals surface area contributed by atoms with Crippen LogP contribution in [0.2, 0.25) is 0 Å². The summed E-state index contributed by atoms with van der Waals surface area (Å²) in [6, 6.07) is 0. The van der Waals surface area contributed by atoms with Crippen molar-refractivity contribution in [3.05, 3.63) is 5.82 Å². The SMILES string of the molecule is CC#CCNc1nc(C2CC2)ns1. The molecule has 68 valence electrons. The zero-order valence-electron chi connectivity index (χ0n) is 7.50. The Morgan fingerprint density at radius 1 is 1.62 bits per heavy atom. The highest BCUT2D eigenvalue weighted by molar-refractivity contribution is 7.09. The molecule has 0 aromatic carbocycles. The van der Waals surface area contributed by atoms with Gasteiger partial charge in [-0.2, -0.15) is 4.37 Å². The summed E-state index contributed by atoms with van der Waals surface area (Å²) < 4.78 is 4.28. The molecule has 1 aliphatic rings. The minimum atomic E-state index is 0.643. The largest absolute Gasteiger partial charge is 0.349 e. The monoisotopic (exact) mass is 193 g/mol. The molecule has 0 unspecified atom stereocenters. The molecule has 0 radical (unpaired) electrons. The summed E-state index contributed by atoms with van der Waals surface area (Å²) in [5.74, 6) is 7.41. The van der Waals surface area contributed by atoms with Crippen LogP contribution >= 0.6 is 11.5 Å². The lowest BCUT2D eigenvalue weighted by Gasteiger charge is -1.91. The first-order valence-corrected chi connectivity index (χ1v) is 5.14. The predicted molar refractivity (Wildman–Crippen MR) is 53.8 cm³/mol. The van der Waals surface area contributed by atoms with Crippen molar-refractivity contribution in [2.75, 3.05) is 11.9 Å². The second-order valence-corrected chi connectivity index (χ2v) is 3.76. The summed E-state index contributed by atoms with van der Waals surface area (Å²) in [5, 5.41) is 4.01. The van der Waals surface area contributed by atoms with Crippen molar-refractivity contribution in [2.45, 2.75) is 25.7 Å². The van der Waals surface area contributed by atoms with Crippen LogP contribution in [-0.2, 0) is 0 Å². The molecule has 1 aromatic rings. The summed E-state index contributed by atoms with van der Waals surface area (Å²) in [5.41, 5.74) is 0. The average Bonchev–Trinajstić information content (AvgIpc) is 2.88. The van der Waals surface area contributed by atoms with E-state index >= 15 is 0 Å². The molecule has 0 saturated heterocycles. The summed E-state index contributed by atoms with van der Waals surface area (Å²) in [6.07, 6.45) is 2.51. The van der Waals surface area contributed by atoms with Crippen LogP contribution < -0.4 is 5.32 Å². The number of anilines is 1. The van der Waals surface area contributed by atoms with Crippen molar-refractivity contribution >= 4 is 16.7 Å². The molecule has 1 heterocycles. The number of aromatic nitrogens is 2. The fourth-order valence-electron chi connectivity index (χ4n) is 1.02. The molecule has 1 fully saturated rings. The van der Waals surface area contributed by atoms with Crippen molar-refractivity contribution in [1.29, 1.82) is 0 Å². The van der Waals surface area contributed by atoms with Crippen molar-refractivity contribution < 1.29 is 0 Å². The van der Waals surface area contributed by atoms with Gasteiger partial charge in [0.2, 0.25) is 5.13 Å². The van der Waals surface area contributed by atoms with Crippen LogP contribution in [0.3, 0.4) is 0 Å². The summed E-state index contributed by atoms with van der Waals surface area (Å²) in [7, 11) is 0. The number of nitrogens with zero attached hydrogens (tertiary/aromatic N) is 2. The Balaban J connectivity index is 1.91. The van der Waals surface area contributed by atoms with E-state index in [0.717, 1.165) is 11.0 Å². The van der Waals surface area contributed by atoms with Crippen molar-refractivity contribution in [2.24, 2.45) is 0 Å². The minimum Gasteiger partial charge on any atom is -0.349 e. The molecule has 1 saturated carbocycles. The molecule has 1 aromatic heterocycles. The second-order valence-electron chi connectivity index (χ2n) is 3.01. The Bertz CT molecular complexity index is 343. The van der Waals surface area contributed by atoms with Gasteiger partial charge < -0.3 is 5.32 Å². The van der Waals surface area contributed by atoms with E-state index in [1.165, 1.54) is 24.4 Å². The van der Waals surface area contributed by atoms with Crippen LogP contribution in [0.5, 0.6) is 0 Å². The molecule has 2 rings (SSSR count). The number of rotatable bonds is 3. The van der Waals surface area contributed by atoms with E-state index in [4.69, 9.17) is 0 Å². The molecule has 0 amide bonds. The Morgan fingerprint density at radius 2 is 2.46 bits per heavy atom. The Labute approximate surface area is 81.8 Å². The molecule has 3 nitrogen and oxygen atoms in total. The normalized spacial score (nSPS) is 14.8. The lowest BCUT2D eigenvalue weighted by molar-refractivity contribution is 0.985. The average molecular weight is 193 g/mol. The molecule has 4 heteroatoms. The van der Waals surface area contributed by atoms with E-state index in [9.17, 15) is 0 Å². The number of hydrogen-bond donors (Lipinski definition) is 1. The predicted octanol–water partition coefficient (Wildman–Crippen LogP) is 1.85. The highest BCUT2D eigenvalue weighted by atomic mass is 32.1. The van der Waals surface area contributed by atoms with Crippen LogP contribution in [0, 0.1) is 11.8 Å². The molecule has 0 aliphatic heterocycles. The third-order valence-corrected chi connectivity index (χ3v) is 2.58. The fourth-order valence-corrected chi connectivity index (χ4v) is 1.66. The topological polar surface area (TPSA) is 37.8 Å². The third kappa shape index (κ3) is 2.19. The number of nitrogens with one attached hydrogen (secondary N) is 1. The van der Waals surface area contributed by atoms with Gasteiger partial charge in [-0.1, -0.05) is 5.92 Å². The molecular formula is C9H11N3S. The smallest absolute Gasteiger partial charge is 0.203 e. The lowest BCUT2D eigenvalue weighted by atomic mass is 10.4. The first-order chi connectivity index (χ1) is 6.40. The standard InChI is InChI=1S/C9H11N3S/c1-2-3-6-10-9-11-8(12-13-9)7-4-5-7/h7H,4-6H2,1H3,(H,10,11,12). The van der Waals surface area contributed by atoms with Gasteiger partial charge in [-0.3, -0.25) is 0 Å². The summed E-state index contributed by atoms with van der Waals surface area (Å²) in [4.78, 5) is 4.37. The molecule has 0 atom stereocenters. The zero-order chi connectivity index (χ0) is 9.10. The van der Waals surface area contributed by atoms with Crippen molar-refractivity contribution in [3.8, 4) is 11.8 Å². The highest BCUT2D eigenvalue weighted by Crippen LogP contribution is 2.39. The first kappa shape index (κ1) is 8.52. The molecule has 1 N–H and O–H groups in total. The molecule has 13 heavy (non-hydrogen) atoms. The van der Waals surface area contributed by atoms with E-state index < -0.39 is 0 Å². The van der Waals surface area contributed by atoms with Gasteiger partial charge in [-0.15, -0.1) is 5.92 Å². The van der Waals surface area contributed by atoms with E-state index in [-0.39, 0.29) is 0 Å². The van der Waals surface area contributed by atoms with E-state index in [2.05, 4.69) is 26.5 Å².